The lowest BCUT2D eigenvalue weighted by atomic mass is 9.87. The second-order valence-electron chi connectivity index (χ2n) is 11.5. The predicted octanol–water partition coefficient (Wildman–Crippen LogP) is 6.50. The van der Waals surface area contributed by atoms with Gasteiger partial charge in [-0.2, -0.15) is 4.98 Å². The Morgan fingerprint density at radius 3 is 2.25 bits per heavy atom. The van der Waals surface area contributed by atoms with Crippen LogP contribution in [0.2, 0.25) is 0 Å². The number of carbonyl (C=O) groups excluding carboxylic acids is 1. The third-order valence-electron chi connectivity index (χ3n) is 7.73. The Bertz CT molecular complexity index is 1440. The number of anilines is 4. The normalized spacial score (nSPS) is 14.1. The molecule has 0 saturated carbocycles. The highest BCUT2D eigenvalue weighted by molar-refractivity contribution is 6.06. The minimum Gasteiger partial charge on any atom is -0.369 e. The predicted molar refractivity (Wildman–Crippen MR) is 165 cm³/mol. The summed E-state index contributed by atoms with van der Waals surface area (Å²) in [6, 6.07) is 18.5. The molecular formula is C32H41N7O. The van der Waals surface area contributed by atoms with Crippen molar-refractivity contribution in [2.75, 3.05) is 41.7 Å². The zero-order valence-electron chi connectivity index (χ0n) is 24.3. The van der Waals surface area contributed by atoms with Gasteiger partial charge in [-0.1, -0.05) is 46.8 Å². The van der Waals surface area contributed by atoms with Gasteiger partial charge >= 0.3 is 0 Å². The van der Waals surface area contributed by atoms with Gasteiger partial charge in [-0.25, -0.2) is 4.98 Å². The van der Waals surface area contributed by atoms with Crippen molar-refractivity contribution >= 4 is 40.0 Å². The number of hydrogen-bond acceptors (Lipinski definition) is 6. The molecule has 2 aromatic heterocycles. The molecule has 5 rings (SSSR count). The van der Waals surface area contributed by atoms with Crippen molar-refractivity contribution in [2.45, 2.75) is 58.9 Å². The van der Waals surface area contributed by atoms with Crippen LogP contribution in [-0.4, -0.2) is 46.6 Å². The monoisotopic (exact) mass is 539 g/mol. The van der Waals surface area contributed by atoms with E-state index in [4.69, 9.17) is 4.98 Å². The molecule has 0 bridgehead atoms. The van der Waals surface area contributed by atoms with Crippen molar-refractivity contribution in [3.8, 4) is 0 Å². The summed E-state index contributed by atoms with van der Waals surface area (Å²) in [7, 11) is 0. The molecule has 8 nitrogen and oxygen atoms in total. The van der Waals surface area contributed by atoms with Crippen LogP contribution in [-0.2, 0) is 5.41 Å². The third-order valence-corrected chi connectivity index (χ3v) is 7.73. The Kier molecular flexibility index (Phi) is 8.07. The van der Waals surface area contributed by atoms with Crippen molar-refractivity contribution < 1.29 is 4.79 Å². The van der Waals surface area contributed by atoms with E-state index in [2.05, 4.69) is 101 Å². The summed E-state index contributed by atoms with van der Waals surface area (Å²) in [4.78, 5) is 25.4. The lowest BCUT2D eigenvalue weighted by molar-refractivity contribution is 0.101. The second kappa shape index (κ2) is 11.7. The number of nitrogens with one attached hydrogen (secondary N) is 3. The van der Waals surface area contributed by atoms with E-state index in [0.29, 0.717) is 11.6 Å². The molecule has 1 amide bonds. The molecule has 3 N–H and O–H groups in total. The third kappa shape index (κ3) is 5.97. The van der Waals surface area contributed by atoms with Gasteiger partial charge < -0.3 is 25.4 Å². The molecule has 1 fully saturated rings. The summed E-state index contributed by atoms with van der Waals surface area (Å²) < 4.78 is 2.08. The van der Waals surface area contributed by atoms with Gasteiger partial charge in [0.15, 0.2) is 0 Å². The zero-order chi connectivity index (χ0) is 28.3. The molecule has 0 spiro atoms. The molecular weight excluding hydrogens is 498 g/mol. The molecule has 3 heterocycles. The Morgan fingerprint density at radius 1 is 0.975 bits per heavy atom. The fourth-order valence-corrected chi connectivity index (χ4v) is 5.32. The first-order valence-electron chi connectivity index (χ1n) is 14.4. The van der Waals surface area contributed by atoms with Crippen LogP contribution >= 0.6 is 0 Å². The molecule has 4 aromatic rings. The van der Waals surface area contributed by atoms with E-state index < -0.39 is 0 Å². The first-order chi connectivity index (χ1) is 19.3. The maximum atomic E-state index is 13.6. The van der Waals surface area contributed by atoms with Crippen LogP contribution in [0.3, 0.4) is 0 Å². The summed E-state index contributed by atoms with van der Waals surface area (Å²) in [5, 5.41) is 10.7. The van der Waals surface area contributed by atoms with E-state index in [0.717, 1.165) is 61.4 Å². The average molecular weight is 540 g/mol. The van der Waals surface area contributed by atoms with Crippen LogP contribution in [0.4, 0.5) is 23.0 Å². The standard InChI is InChI=1S/C32H41N7O/c1-6-26(7-2)39-28(30(40)35-24-10-8-23(9-11-24)32(3,4)5)20-22-21-34-31(37-29(22)39)36-25-12-14-27(15-13-25)38-18-16-33-17-19-38/h8-15,20-21,26,33H,6-7,16-19H2,1-5H3,(H,35,40)(H,34,36,37). The molecule has 0 radical (unpaired) electrons. The fraction of sp³-hybridized carbons (Fsp3) is 0.406. The van der Waals surface area contributed by atoms with E-state index in [-0.39, 0.29) is 17.4 Å². The number of hydrogen-bond donors (Lipinski definition) is 3. The molecule has 2 aromatic carbocycles. The minimum absolute atomic E-state index is 0.0575. The largest absolute Gasteiger partial charge is 0.369 e. The number of benzene rings is 2. The molecule has 0 unspecified atom stereocenters. The Hall–Kier alpha value is -3.91. The van der Waals surface area contributed by atoms with Gasteiger partial charge in [0.1, 0.15) is 11.3 Å². The maximum absolute atomic E-state index is 13.6. The molecule has 8 heteroatoms. The average Bonchev–Trinajstić information content (AvgIpc) is 3.33. The number of carbonyl (C=O) groups is 1. The maximum Gasteiger partial charge on any atom is 0.272 e. The molecule has 210 valence electrons. The van der Waals surface area contributed by atoms with Gasteiger partial charge in [-0.05, 0) is 66.3 Å². The van der Waals surface area contributed by atoms with Gasteiger partial charge in [0, 0.05) is 60.9 Å². The first kappa shape index (κ1) is 27.6. The van der Waals surface area contributed by atoms with Crippen LogP contribution < -0.4 is 20.9 Å². The van der Waals surface area contributed by atoms with E-state index in [1.165, 1.54) is 11.3 Å². The fourth-order valence-electron chi connectivity index (χ4n) is 5.32. The summed E-state index contributed by atoms with van der Waals surface area (Å²) in [5.74, 6) is 0.365. The smallest absolute Gasteiger partial charge is 0.272 e. The van der Waals surface area contributed by atoms with E-state index in [1.807, 2.05) is 18.2 Å². The van der Waals surface area contributed by atoms with Gasteiger partial charge in [0.25, 0.3) is 5.91 Å². The number of amides is 1. The molecule has 0 atom stereocenters. The molecule has 1 aliphatic heterocycles. The summed E-state index contributed by atoms with van der Waals surface area (Å²) in [6.45, 7) is 14.9. The summed E-state index contributed by atoms with van der Waals surface area (Å²) in [6.07, 6.45) is 3.58. The number of nitrogens with zero attached hydrogens (tertiary/aromatic N) is 4. The van der Waals surface area contributed by atoms with Gasteiger partial charge in [0.05, 0.1) is 0 Å². The van der Waals surface area contributed by atoms with Crippen LogP contribution in [0, 0.1) is 0 Å². The lowest BCUT2D eigenvalue weighted by Gasteiger charge is -2.29. The van der Waals surface area contributed by atoms with Crippen LogP contribution in [0.1, 0.15) is 69.6 Å². The molecule has 40 heavy (non-hydrogen) atoms. The van der Waals surface area contributed by atoms with Crippen LogP contribution in [0.5, 0.6) is 0 Å². The summed E-state index contributed by atoms with van der Waals surface area (Å²) >= 11 is 0. The van der Waals surface area contributed by atoms with Gasteiger partial charge in [0.2, 0.25) is 5.95 Å². The number of aromatic nitrogens is 3. The topological polar surface area (TPSA) is 87.1 Å². The number of fused-ring (bicyclic) bond motifs is 1. The first-order valence-corrected chi connectivity index (χ1v) is 14.4. The highest BCUT2D eigenvalue weighted by Gasteiger charge is 2.22. The summed E-state index contributed by atoms with van der Waals surface area (Å²) in [5.41, 5.74) is 5.56. The van der Waals surface area contributed by atoms with Crippen molar-refractivity contribution in [1.29, 1.82) is 0 Å². The molecule has 1 saturated heterocycles. The lowest BCUT2D eigenvalue weighted by Crippen LogP contribution is -2.43. The van der Waals surface area contributed by atoms with Crippen LogP contribution in [0.15, 0.2) is 60.8 Å². The van der Waals surface area contributed by atoms with Crippen LogP contribution in [0.25, 0.3) is 11.0 Å². The van der Waals surface area contributed by atoms with Gasteiger partial charge in [-0.3, -0.25) is 4.79 Å². The second-order valence-corrected chi connectivity index (χ2v) is 11.5. The Labute approximate surface area is 237 Å². The SMILES string of the molecule is CCC(CC)n1c(C(=O)Nc2ccc(C(C)(C)C)cc2)cc2cnc(Nc3ccc(N4CCNCC4)cc3)nc21. The highest BCUT2D eigenvalue weighted by atomic mass is 16.2. The Balaban J connectivity index is 1.40. The van der Waals surface area contributed by atoms with E-state index in [1.54, 1.807) is 6.20 Å². The van der Waals surface area contributed by atoms with Gasteiger partial charge in [-0.15, -0.1) is 0 Å². The van der Waals surface area contributed by atoms with Crippen molar-refractivity contribution in [3.05, 3.63) is 72.1 Å². The van der Waals surface area contributed by atoms with E-state index >= 15 is 0 Å². The Morgan fingerprint density at radius 2 is 1.62 bits per heavy atom. The zero-order valence-corrected chi connectivity index (χ0v) is 24.3. The quantitative estimate of drug-likeness (QED) is 0.237. The highest BCUT2D eigenvalue weighted by Crippen LogP contribution is 2.29. The van der Waals surface area contributed by atoms with Crippen molar-refractivity contribution in [3.63, 3.8) is 0 Å². The number of piperazine rings is 1. The van der Waals surface area contributed by atoms with E-state index in [9.17, 15) is 4.79 Å². The number of rotatable bonds is 8. The minimum atomic E-state index is -0.147. The molecule has 1 aliphatic rings. The van der Waals surface area contributed by atoms with Crippen molar-refractivity contribution in [1.82, 2.24) is 19.9 Å². The molecule has 0 aliphatic carbocycles. The van der Waals surface area contributed by atoms with Crippen molar-refractivity contribution in [2.24, 2.45) is 0 Å².